The Kier molecular flexibility index (Phi) is 12.6. The van der Waals surface area contributed by atoms with Crippen LogP contribution in [0, 0.1) is 5.92 Å². The maximum absolute atomic E-state index is 13.8. The van der Waals surface area contributed by atoms with Gasteiger partial charge in [0, 0.05) is 29.0 Å². The van der Waals surface area contributed by atoms with Crippen molar-refractivity contribution in [2.75, 3.05) is 38.8 Å². The van der Waals surface area contributed by atoms with Gasteiger partial charge in [-0.25, -0.2) is 14.6 Å². The van der Waals surface area contributed by atoms with Crippen molar-refractivity contribution >= 4 is 52.3 Å². The molecule has 2 atom stereocenters. The van der Waals surface area contributed by atoms with Crippen LogP contribution >= 0.6 is 34.5 Å². The van der Waals surface area contributed by atoms with Crippen molar-refractivity contribution in [3.05, 3.63) is 103 Å². The Balaban J connectivity index is 0.00000486. The first-order valence-electron chi connectivity index (χ1n) is 16.0. The zero-order valence-corrected chi connectivity index (χ0v) is 30.0. The van der Waals surface area contributed by atoms with Crippen LogP contribution in [0.2, 0.25) is 10.0 Å². The van der Waals surface area contributed by atoms with E-state index in [1.54, 1.807) is 62.0 Å². The van der Waals surface area contributed by atoms with Crippen molar-refractivity contribution < 1.29 is 44.1 Å². The minimum absolute atomic E-state index is 0. The molecule has 3 aliphatic rings. The molecule has 2 aromatic heterocycles. The smallest absolute Gasteiger partial charge is 0.414 e. The van der Waals surface area contributed by atoms with Gasteiger partial charge >= 0.3 is 12.1 Å². The summed E-state index contributed by atoms with van der Waals surface area (Å²) in [5, 5.41) is 10.9. The van der Waals surface area contributed by atoms with E-state index >= 15 is 0 Å². The molecule has 50 heavy (non-hydrogen) atoms. The molecule has 5 heterocycles. The van der Waals surface area contributed by atoms with Crippen molar-refractivity contribution in [3.8, 4) is 11.5 Å². The molecule has 3 fully saturated rings. The number of rotatable bonds is 12. The molecule has 3 aliphatic heterocycles. The van der Waals surface area contributed by atoms with E-state index in [1.165, 1.54) is 23.3 Å². The zero-order chi connectivity index (χ0) is 34.5. The fourth-order valence-electron chi connectivity index (χ4n) is 6.45. The molecular weight excluding hydrogens is 705 g/mol. The molecule has 2 bridgehead atoms. The molecule has 3 saturated heterocycles. The summed E-state index contributed by atoms with van der Waals surface area (Å²) in [6, 6.07) is 16.0. The standard InChI is InChI=1S/C36H37Cl2N3O7S.H2O/c1-45-30-9-7-23(15-32(30)46-2)31(16-26-27(37)17-39-18-28(26)38)47-35(43)34-10-8-25(49-34)19-41(29-6-4-3-5-24(29)21-42)36(44)48-33-20-40-13-11-22(33)12-14-40;/h3-10,15,17-18,22,31,33,42H,11-14,16,19-21H2,1-2H3;1H2/t31-,33-;/m0./s1. The number of methoxy groups -OCH3 is 2. The Labute approximate surface area is 304 Å². The first-order chi connectivity index (χ1) is 23.8. The Morgan fingerprint density at radius 1 is 1.02 bits per heavy atom. The van der Waals surface area contributed by atoms with Crippen LogP contribution < -0.4 is 19.4 Å². The lowest BCUT2D eigenvalue weighted by atomic mass is 9.86. The second-order valence-electron chi connectivity index (χ2n) is 12.0. The molecule has 7 rings (SSSR count). The minimum atomic E-state index is -0.778. The highest BCUT2D eigenvalue weighted by molar-refractivity contribution is 7.14. The summed E-state index contributed by atoms with van der Waals surface area (Å²) in [5.74, 6) is 0.794. The number of thiophene rings is 1. The van der Waals surface area contributed by atoms with Gasteiger partial charge in [-0.3, -0.25) is 9.80 Å². The van der Waals surface area contributed by atoms with Gasteiger partial charge in [0.25, 0.3) is 0 Å². The van der Waals surface area contributed by atoms with Crippen molar-refractivity contribution in [3.63, 3.8) is 0 Å². The number of aromatic amines is 1. The molecule has 14 heteroatoms. The van der Waals surface area contributed by atoms with Gasteiger partial charge in [0.1, 0.15) is 27.1 Å². The first kappa shape index (κ1) is 37.3. The predicted octanol–water partition coefficient (Wildman–Crippen LogP) is 6.58. The van der Waals surface area contributed by atoms with Gasteiger partial charge in [0.2, 0.25) is 0 Å². The van der Waals surface area contributed by atoms with Crippen LogP contribution in [0.15, 0.2) is 67.0 Å². The van der Waals surface area contributed by atoms with Crippen LogP contribution in [0.1, 0.15) is 50.2 Å². The highest BCUT2D eigenvalue weighted by Gasteiger charge is 2.38. The number of aromatic nitrogens is 1. The zero-order valence-electron chi connectivity index (χ0n) is 27.6. The van der Waals surface area contributed by atoms with Crippen LogP contribution in [0.25, 0.3) is 0 Å². The molecule has 1 amide bonds. The van der Waals surface area contributed by atoms with Gasteiger partial charge < -0.3 is 29.5 Å². The third-order valence-corrected chi connectivity index (χ3v) is 10.8. The van der Waals surface area contributed by atoms with E-state index in [1.807, 2.05) is 12.1 Å². The summed E-state index contributed by atoms with van der Waals surface area (Å²) in [4.78, 5) is 35.4. The number of anilines is 1. The fraction of sp³-hybridized carbons (Fsp3) is 0.361. The van der Waals surface area contributed by atoms with Gasteiger partial charge in [0.15, 0.2) is 23.9 Å². The van der Waals surface area contributed by atoms with Crippen LogP contribution in [-0.2, 0) is 29.0 Å². The number of hydrogen-bond acceptors (Lipinski definition) is 10. The van der Waals surface area contributed by atoms with E-state index < -0.39 is 18.2 Å². The molecule has 3 N–H and O–H groups in total. The second-order valence-corrected chi connectivity index (χ2v) is 14.0. The number of nitrogens with zero attached hydrogens (tertiary/aromatic N) is 2. The summed E-state index contributed by atoms with van der Waals surface area (Å²) < 4.78 is 23.2. The summed E-state index contributed by atoms with van der Waals surface area (Å²) >= 11 is 14.2. The number of aliphatic hydroxyl groups excluding tert-OH is 1. The normalized spacial score (nSPS) is 18.5. The van der Waals surface area contributed by atoms with Crippen LogP contribution in [0.5, 0.6) is 11.5 Å². The fourth-order valence-corrected chi connectivity index (χ4v) is 7.86. The average Bonchev–Trinajstić information content (AvgIpc) is 3.61. The third-order valence-electron chi connectivity index (χ3n) is 9.11. The number of para-hydroxylation sites is 1. The third kappa shape index (κ3) is 8.34. The van der Waals surface area contributed by atoms with E-state index in [9.17, 15) is 14.7 Å². The number of fused-ring (bicyclic) bond motifs is 3. The number of piperidine rings is 3. The molecule has 0 saturated carbocycles. The molecule has 0 radical (unpaired) electrons. The number of benzene rings is 2. The van der Waals surface area contributed by atoms with Gasteiger partial charge in [-0.15, -0.1) is 11.3 Å². The quantitative estimate of drug-likeness (QED) is 0.159. The van der Waals surface area contributed by atoms with Gasteiger partial charge in [-0.05, 0) is 67.7 Å². The Morgan fingerprint density at radius 2 is 1.74 bits per heavy atom. The van der Waals surface area contributed by atoms with Gasteiger partial charge in [-0.2, -0.15) is 0 Å². The first-order valence-corrected chi connectivity index (χ1v) is 17.6. The lowest BCUT2D eigenvalue weighted by Gasteiger charge is -2.44. The van der Waals surface area contributed by atoms with Crippen LogP contribution in [0.4, 0.5) is 10.5 Å². The van der Waals surface area contributed by atoms with E-state index in [2.05, 4.69) is 9.88 Å². The number of aliphatic hydroxyl groups is 1. The number of pyridine rings is 1. The average molecular weight is 745 g/mol. The largest absolute Gasteiger partial charge is 0.870 e. The number of carbonyl (C=O) groups is 2. The van der Waals surface area contributed by atoms with Crippen molar-refractivity contribution in [1.82, 2.24) is 4.90 Å². The summed E-state index contributed by atoms with van der Waals surface area (Å²) in [7, 11) is 3.08. The summed E-state index contributed by atoms with van der Waals surface area (Å²) in [5.41, 5.74) is 2.42. The number of H-pyrrole nitrogens is 1. The maximum atomic E-state index is 13.8. The second kappa shape index (κ2) is 16.9. The Bertz CT molecular complexity index is 1780. The SMILES string of the molecule is COc1ccc([C@H](Cc2c(Cl)c[nH+]cc2Cl)OC(=O)c2ccc(CN(C(=O)O[C@H]3CN4CCC3CC4)c3ccccc3CO)s2)cc1OC.[OH-]. The molecule has 0 aliphatic carbocycles. The number of carbonyl (C=O) groups excluding carboxylic acids is 2. The number of amides is 1. The number of halogens is 2. The molecule has 266 valence electrons. The lowest BCUT2D eigenvalue weighted by molar-refractivity contribution is -0.377. The lowest BCUT2D eigenvalue weighted by Crippen LogP contribution is -2.53. The molecular formula is C36H39Cl2N3O8S. The van der Waals surface area contributed by atoms with Crippen molar-refractivity contribution in [2.45, 2.75) is 44.6 Å². The number of ether oxygens (including phenoxy) is 4. The van der Waals surface area contributed by atoms with Gasteiger partial charge in [0.05, 0.1) is 33.1 Å². The highest BCUT2D eigenvalue weighted by Crippen LogP contribution is 2.36. The summed E-state index contributed by atoms with van der Waals surface area (Å²) in [6.07, 6.45) is 3.99. The number of hydrogen-bond donors (Lipinski definition) is 1. The molecule has 4 aromatic rings. The van der Waals surface area contributed by atoms with Gasteiger partial charge in [-0.1, -0.05) is 47.5 Å². The topological polar surface area (TPSA) is 142 Å². The Morgan fingerprint density at radius 3 is 2.40 bits per heavy atom. The predicted molar refractivity (Wildman–Crippen MR) is 189 cm³/mol. The van der Waals surface area contributed by atoms with Crippen molar-refractivity contribution in [1.29, 1.82) is 0 Å². The molecule has 0 unspecified atom stereocenters. The molecule has 11 nitrogen and oxygen atoms in total. The molecule has 0 spiro atoms. The van der Waals surface area contributed by atoms with E-state index in [0.717, 1.165) is 37.4 Å². The maximum Gasteiger partial charge on any atom is 0.414 e. The number of esters is 1. The van der Waals surface area contributed by atoms with E-state index in [-0.39, 0.29) is 31.2 Å². The van der Waals surface area contributed by atoms with E-state index in [4.69, 9.17) is 42.1 Å². The summed E-state index contributed by atoms with van der Waals surface area (Å²) in [6.45, 7) is 2.67. The Hall–Kier alpha value is -3.91. The van der Waals surface area contributed by atoms with Crippen molar-refractivity contribution in [2.24, 2.45) is 5.92 Å². The molecule has 2 aromatic carbocycles. The number of nitrogens with one attached hydrogen (secondary N) is 1. The van der Waals surface area contributed by atoms with E-state index in [0.29, 0.717) is 54.7 Å². The minimum Gasteiger partial charge on any atom is -0.870 e. The van der Waals surface area contributed by atoms with Crippen LogP contribution in [-0.4, -0.2) is 67.5 Å². The highest BCUT2D eigenvalue weighted by atomic mass is 35.5. The monoisotopic (exact) mass is 743 g/mol. The van der Waals surface area contributed by atoms with Crippen LogP contribution in [0.3, 0.4) is 0 Å².